The lowest BCUT2D eigenvalue weighted by atomic mass is 10.2. The summed E-state index contributed by atoms with van der Waals surface area (Å²) in [7, 11) is -1.57. The summed E-state index contributed by atoms with van der Waals surface area (Å²) in [4.78, 5) is 2.41. The van der Waals surface area contributed by atoms with Crippen molar-refractivity contribution in [1.29, 1.82) is 0 Å². The van der Waals surface area contributed by atoms with E-state index in [1.807, 2.05) is 0 Å². The third kappa shape index (κ3) is 3.44. The molecule has 0 aromatic heterocycles. The van der Waals surface area contributed by atoms with Crippen LogP contribution in [0, 0.1) is 0 Å². The molecule has 1 rings (SSSR count). The number of hydrogen-bond donors (Lipinski definition) is 0. The van der Waals surface area contributed by atoms with Gasteiger partial charge in [0.2, 0.25) is 0 Å². The molecule has 2 nitrogen and oxygen atoms in total. The van der Waals surface area contributed by atoms with Gasteiger partial charge in [-0.1, -0.05) is 32.4 Å². The predicted molar refractivity (Wildman–Crippen MR) is 73.1 cm³/mol. The maximum absolute atomic E-state index is 6.21. The molecule has 1 heterocycles. The van der Waals surface area contributed by atoms with Gasteiger partial charge in [-0.25, -0.2) is 0 Å². The van der Waals surface area contributed by atoms with Crippen molar-refractivity contribution in [2.24, 2.45) is 0 Å². The van der Waals surface area contributed by atoms with Gasteiger partial charge in [-0.2, -0.15) is 0 Å². The van der Waals surface area contributed by atoms with E-state index in [4.69, 9.17) is 4.43 Å². The lowest BCUT2D eigenvalue weighted by Crippen LogP contribution is -2.43. The van der Waals surface area contributed by atoms with Gasteiger partial charge in [0, 0.05) is 13.1 Å². The summed E-state index contributed by atoms with van der Waals surface area (Å²) in [5, 5.41) is 0.316. The van der Waals surface area contributed by atoms with Gasteiger partial charge < -0.3 is 4.43 Å². The van der Waals surface area contributed by atoms with Crippen LogP contribution in [0.2, 0.25) is 18.1 Å². The minimum atomic E-state index is -1.57. The molecule has 1 aliphatic heterocycles. The highest BCUT2D eigenvalue weighted by atomic mass is 28.4. The highest BCUT2D eigenvalue weighted by molar-refractivity contribution is 6.74. The molecule has 0 aromatic carbocycles. The van der Waals surface area contributed by atoms with Gasteiger partial charge in [0.05, 0.1) is 6.73 Å². The number of allylic oxidation sites excluding steroid dienone is 1. The van der Waals surface area contributed by atoms with E-state index in [0.717, 1.165) is 19.8 Å². The molecule has 0 aromatic rings. The Morgan fingerprint density at radius 2 is 2.00 bits per heavy atom. The summed E-state index contributed by atoms with van der Waals surface area (Å²) >= 11 is 0. The molecule has 0 saturated carbocycles. The monoisotopic (exact) mass is 241 g/mol. The number of nitrogens with zero attached hydrogens (tertiary/aromatic N) is 1. The Kier molecular flexibility index (Phi) is 4.38. The van der Waals surface area contributed by atoms with Gasteiger partial charge in [-0.05, 0) is 31.5 Å². The topological polar surface area (TPSA) is 12.5 Å². The fourth-order valence-electron chi connectivity index (χ4n) is 1.56. The van der Waals surface area contributed by atoms with Crippen LogP contribution in [-0.4, -0.2) is 33.0 Å². The van der Waals surface area contributed by atoms with E-state index in [-0.39, 0.29) is 0 Å². The molecule has 0 atom stereocenters. The average molecular weight is 241 g/mol. The maximum Gasteiger partial charge on any atom is 0.193 e. The quantitative estimate of drug-likeness (QED) is 0.553. The highest BCUT2D eigenvalue weighted by Crippen LogP contribution is 2.36. The molecule has 16 heavy (non-hydrogen) atoms. The molecular weight excluding hydrogens is 214 g/mol. The second-order valence-corrected chi connectivity index (χ2v) is 11.1. The van der Waals surface area contributed by atoms with E-state index in [0.29, 0.717) is 5.04 Å². The molecule has 3 heteroatoms. The molecule has 0 radical (unpaired) electrons. The number of rotatable bonds is 3. The lowest BCUT2D eigenvalue weighted by Gasteiger charge is -2.37. The van der Waals surface area contributed by atoms with E-state index in [1.54, 1.807) is 5.57 Å². The fourth-order valence-corrected chi connectivity index (χ4v) is 2.50. The van der Waals surface area contributed by atoms with Gasteiger partial charge in [0.25, 0.3) is 0 Å². The zero-order chi connectivity index (χ0) is 12.4. The molecule has 1 aliphatic rings. The van der Waals surface area contributed by atoms with E-state index in [1.165, 1.54) is 6.42 Å². The first-order chi connectivity index (χ1) is 7.26. The van der Waals surface area contributed by atoms with Crippen LogP contribution in [0.5, 0.6) is 0 Å². The van der Waals surface area contributed by atoms with Gasteiger partial charge in [-0.15, -0.1) is 0 Å². The zero-order valence-corrected chi connectivity index (χ0v) is 12.8. The minimum Gasteiger partial charge on any atom is -0.404 e. The summed E-state index contributed by atoms with van der Waals surface area (Å²) in [5.74, 6) is 0. The van der Waals surface area contributed by atoms with Crippen molar-refractivity contribution >= 4 is 8.32 Å². The minimum absolute atomic E-state index is 0.316. The Hall–Kier alpha value is -0.123. The van der Waals surface area contributed by atoms with Gasteiger partial charge >= 0.3 is 0 Å². The largest absolute Gasteiger partial charge is 0.404 e. The smallest absolute Gasteiger partial charge is 0.193 e. The molecular formula is C13H27NOSi. The number of hydrogen-bond acceptors (Lipinski definition) is 2. The Balaban J connectivity index is 2.41. The van der Waals surface area contributed by atoms with Crippen LogP contribution in [-0.2, 0) is 4.43 Å². The summed E-state index contributed by atoms with van der Waals surface area (Å²) in [5.41, 5.74) is 1.55. The molecule has 0 aliphatic carbocycles. The van der Waals surface area contributed by atoms with Crippen molar-refractivity contribution < 1.29 is 4.43 Å². The third-order valence-electron chi connectivity index (χ3n) is 4.00. The van der Waals surface area contributed by atoms with Crippen molar-refractivity contribution in [2.75, 3.05) is 19.8 Å². The van der Waals surface area contributed by atoms with E-state index < -0.39 is 8.32 Å². The van der Waals surface area contributed by atoms with Crippen LogP contribution >= 0.6 is 0 Å². The SMILES string of the molecule is C/C=C1\CCN(CO[Si](C)(C)C(C)(C)C)C1. The highest BCUT2D eigenvalue weighted by Gasteiger charge is 2.37. The Bertz CT molecular complexity index is 266. The first-order valence-corrected chi connectivity index (χ1v) is 9.17. The molecule has 1 fully saturated rings. The van der Waals surface area contributed by atoms with Crippen molar-refractivity contribution in [1.82, 2.24) is 4.90 Å². The molecule has 0 bridgehead atoms. The first-order valence-electron chi connectivity index (χ1n) is 6.26. The summed E-state index contributed by atoms with van der Waals surface area (Å²) < 4.78 is 6.21. The van der Waals surface area contributed by atoms with Crippen LogP contribution in [0.15, 0.2) is 11.6 Å². The van der Waals surface area contributed by atoms with Crippen LogP contribution in [0.1, 0.15) is 34.1 Å². The molecule has 0 unspecified atom stereocenters. The summed E-state index contributed by atoms with van der Waals surface area (Å²) in [6, 6.07) is 0. The van der Waals surface area contributed by atoms with Crippen LogP contribution in [0.4, 0.5) is 0 Å². The van der Waals surface area contributed by atoms with Crippen molar-refractivity contribution in [3.8, 4) is 0 Å². The van der Waals surface area contributed by atoms with Crippen molar-refractivity contribution in [3.63, 3.8) is 0 Å². The van der Waals surface area contributed by atoms with E-state index >= 15 is 0 Å². The Labute approximate surface area is 102 Å². The maximum atomic E-state index is 6.21. The third-order valence-corrected chi connectivity index (χ3v) is 8.46. The van der Waals surface area contributed by atoms with Crippen molar-refractivity contribution in [3.05, 3.63) is 11.6 Å². The second kappa shape index (κ2) is 5.03. The van der Waals surface area contributed by atoms with Crippen LogP contribution in [0.25, 0.3) is 0 Å². The Morgan fingerprint density at radius 1 is 1.38 bits per heavy atom. The zero-order valence-electron chi connectivity index (χ0n) is 11.8. The van der Waals surface area contributed by atoms with Gasteiger partial charge in [0.1, 0.15) is 0 Å². The average Bonchev–Trinajstić information content (AvgIpc) is 2.60. The van der Waals surface area contributed by atoms with E-state index in [2.05, 4.69) is 51.8 Å². The molecule has 1 saturated heterocycles. The normalized spacial score (nSPS) is 22.0. The molecule has 0 amide bonds. The van der Waals surface area contributed by atoms with Crippen LogP contribution in [0.3, 0.4) is 0 Å². The summed E-state index contributed by atoms with van der Waals surface area (Å²) in [6.07, 6.45) is 3.46. The first kappa shape index (κ1) is 13.9. The van der Waals surface area contributed by atoms with E-state index in [9.17, 15) is 0 Å². The van der Waals surface area contributed by atoms with Gasteiger partial charge in [-0.3, -0.25) is 4.90 Å². The fraction of sp³-hybridized carbons (Fsp3) is 0.846. The summed E-state index contributed by atoms with van der Waals surface area (Å²) in [6.45, 7) is 16.7. The predicted octanol–water partition coefficient (Wildman–Crippen LogP) is 3.62. The number of likely N-dealkylation sites (tertiary alicyclic amines) is 1. The second-order valence-electron chi connectivity index (χ2n) is 6.28. The Morgan fingerprint density at radius 3 is 2.44 bits per heavy atom. The standard InChI is InChI=1S/C13H27NOSi/c1-7-12-8-9-14(10-12)11-15-16(5,6)13(2,3)4/h7H,8-11H2,1-6H3/b12-7+. The lowest BCUT2D eigenvalue weighted by molar-refractivity contribution is 0.140. The molecule has 0 N–H and O–H groups in total. The van der Waals surface area contributed by atoms with Gasteiger partial charge in [0.15, 0.2) is 8.32 Å². The molecule has 0 spiro atoms. The molecule has 94 valence electrons. The van der Waals surface area contributed by atoms with Crippen molar-refractivity contribution in [2.45, 2.75) is 52.2 Å². The van der Waals surface area contributed by atoms with Crippen LogP contribution < -0.4 is 0 Å².